The van der Waals surface area contributed by atoms with E-state index in [0.717, 1.165) is 69.5 Å². The quantitative estimate of drug-likeness (QED) is 0.924. The highest BCUT2D eigenvalue weighted by Gasteiger charge is 2.37. The predicted molar refractivity (Wildman–Crippen MR) is 92.7 cm³/mol. The van der Waals surface area contributed by atoms with Crippen molar-refractivity contribution in [3.05, 3.63) is 23.3 Å². The van der Waals surface area contributed by atoms with Gasteiger partial charge in [0.25, 0.3) is 0 Å². The number of likely N-dealkylation sites (tertiary alicyclic amines) is 1. The van der Waals surface area contributed by atoms with Gasteiger partial charge in [0.05, 0.1) is 24.9 Å². The standard InChI is InChI=1S/C19H26N2O3/c1-23-17-10-9-13-5-2-6-14(13)18(17)20-19(22)21-11-3-7-15(21)16-8-4-12-24-16/h9-10,15-16H,2-8,11-12H2,1H3,(H,20,22)/t15-,16+/m0/s1. The maximum Gasteiger partial charge on any atom is 0.322 e. The second kappa shape index (κ2) is 6.63. The minimum Gasteiger partial charge on any atom is -0.495 e. The van der Waals surface area contributed by atoms with Crippen molar-refractivity contribution in [1.82, 2.24) is 4.90 Å². The van der Waals surface area contributed by atoms with Gasteiger partial charge in [-0.05, 0) is 62.1 Å². The van der Waals surface area contributed by atoms with Crippen LogP contribution in [0.2, 0.25) is 0 Å². The summed E-state index contributed by atoms with van der Waals surface area (Å²) in [5, 5.41) is 3.16. The lowest BCUT2D eigenvalue weighted by atomic mass is 10.1. The van der Waals surface area contributed by atoms with Gasteiger partial charge < -0.3 is 19.7 Å². The van der Waals surface area contributed by atoms with E-state index in [4.69, 9.17) is 9.47 Å². The van der Waals surface area contributed by atoms with Crippen molar-refractivity contribution in [3.8, 4) is 5.75 Å². The van der Waals surface area contributed by atoms with Crippen LogP contribution in [0.15, 0.2) is 12.1 Å². The second-order valence-electron chi connectivity index (χ2n) is 7.02. The first-order chi connectivity index (χ1) is 11.8. The van der Waals surface area contributed by atoms with Gasteiger partial charge in [-0.2, -0.15) is 0 Å². The normalized spacial score (nSPS) is 25.8. The Balaban J connectivity index is 1.55. The number of benzene rings is 1. The van der Waals surface area contributed by atoms with E-state index in [0.29, 0.717) is 0 Å². The molecule has 5 nitrogen and oxygen atoms in total. The van der Waals surface area contributed by atoms with E-state index in [9.17, 15) is 4.79 Å². The molecule has 2 fully saturated rings. The van der Waals surface area contributed by atoms with Crippen LogP contribution in [0, 0.1) is 0 Å². The van der Waals surface area contributed by atoms with Crippen molar-refractivity contribution in [2.45, 2.75) is 57.1 Å². The molecule has 0 unspecified atom stereocenters. The molecule has 0 bridgehead atoms. The summed E-state index contributed by atoms with van der Waals surface area (Å²) in [6, 6.07) is 4.31. The van der Waals surface area contributed by atoms with Crippen molar-refractivity contribution in [3.63, 3.8) is 0 Å². The highest BCUT2D eigenvalue weighted by atomic mass is 16.5. The molecule has 1 aromatic carbocycles. The number of ether oxygens (including phenoxy) is 2. The third-order valence-electron chi connectivity index (χ3n) is 5.65. The number of carbonyl (C=O) groups excluding carboxylic acids is 1. The summed E-state index contributed by atoms with van der Waals surface area (Å²) < 4.78 is 11.3. The Bertz CT molecular complexity index is 625. The monoisotopic (exact) mass is 330 g/mol. The summed E-state index contributed by atoms with van der Waals surface area (Å²) >= 11 is 0. The summed E-state index contributed by atoms with van der Waals surface area (Å²) in [5.74, 6) is 0.761. The van der Waals surface area contributed by atoms with Gasteiger partial charge in [-0.3, -0.25) is 0 Å². The van der Waals surface area contributed by atoms with Crippen LogP contribution in [0.3, 0.4) is 0 Å². The third kappa shape index (κ3) is 2.75. The fourth-order valence-electron chi connectivity index (χ4n) is 4.47. The summed E-state index contributed by atoms with van der Waals surface area (Å²) in [4.78, 5) is 14.9. The minimum atomic E-state index is -0.00778. The van der Waals surface area contributed by atoms with Crippen molar-refractivity contribution < 1.29 is 14.3 Å². The summed E-state index contributed by atoms with van der Waals surface area (Å²) in [6.07, 6.45) is 7.73. The second-order valence-corrected chi connectivity index (χ2v) is 7.02. The van der Waals surface area contributed by atoms with Gasteiger partial charge >= 0.3 is 6.03 Å². The van der Waals surface area contributed by atoms with Crippen LogP contribution in [0.1, 0.15) is 43.2 Å². The van der Waals surface area contributed by atoms with Gasteiger partial charge in [-0.25, -0.2) is 4.79 Å². The Morgan fingerprint density at radius 1 is 1.25 bits per heavy atom. The van der Waals surface area contributed by atoms with E-state index in [1.807, 2.05) is 11.0 Å². The molecule has 1 aliphatic carbocycles. The Labute approximate surface area is 143 Å². The Morgan fingerprint density at radius 2 is 2.17 bits per heavy atom. The average molecular weight is 330 g/mol. The molecule has 3 aliphatic rings. The van der Waals surface area contributed by atoms with E-state index in [2.05, 4.69) is 11.4 Å². The fourth-order valence-corrected chi connectivity index (χ4v) is 4.47. The molecule has 2 saturated heterocycles. The number of urea groups is 1. The van der Waals surface area contributed by atoms with Gasteiger partial charge in [0.1, 0.15) is 5.75 Å². The topological polar surface area (TPSA) is 50.8 Å². The smallest absolute Gasteiger partial charge is 0.322 e. The molecule has 5 heteroatoms. The SMILES string of the molecule is COc1ccc2c(c1NC(=O)N1CCC[C@H]1[C@H]1CCCO1)CCC2. The fraction of sp³-hybridized carbons (Fsp3) is 0.632. The molecule has 130 valence electrons. The number of nitrogens with zero attached hydrogens (tertiary/aromatic N) is 1. The zero-order valence-electron chi connectivity index (χ0n) is 14.3. The van der Waals surface area contributed by atoms with E-state index < -0.39 is 0 Å². The molecule has 0 saturated carbocycles. The number of anilines is 1. The molecular formula is C19H26N2O3. The number of amides is 2. The van der Waals surface area contributed by atoms with Crippen molar-refractivity contribution in [1.29, 1.82) is 0 Å². The van der Waals surface area contributed by atoms with E-state index in [1.54, 1.807) is 7.11 Å². The Morgan fingerprint density at radius 3 is 2.96 bits per heavy atom. The first kappa shape index (κ1) is 15.8. The summed E-state index contributed by atoms with van der Waals surface area (Å²) in [6.45, 7) is 1.64. The average Bonchev–Trinajstić information content (AvgIpc) is 3.33. The number of hydrogen-bond acceptors (Lipinski definition) is 3. The third-order valence-corrected chi connectivity index (χ3v) is 5.65. The molecule has 24 heavy (non-hydrogen) atoms. The van der Waals surface area contributed by atoms with Crippen LogP contribution in [-0.4, -0.2) is 43.3 Å². The Kier molecular flexibility index (Phi) is 4.35. The first-order valence-electron chi connectivity index (χ1n) is 9.16. The summed E-state index contributed by atoms with van der Waals surface area (Å²) in [7, 11) is 1.66. The number of aryl methyl sites for hydroxylation is 1. The van der Waals surface area contributed by atoms with Gasteiger partial charge in [0, 0.05) is 13.2 Å². The highest BCUT2D eigenvalue weighted by Crippen LogP contribution is 2.37. The largest absolute Gasteiger partial charge is 0.495 e. The molecule has 1 aromatic rings. The zero-order chi connectivity index (χ0) is 16.5. The number of rotatable bonds is 3. The van der Waals surface area contributed by atoms with Crippen LogP contribution in [0.25, 0.3) is 0 Å². The molecule has 0 radical (unpaired) electrons. The maximum atomic E-state index is 13.0. The van der Waals surface area contributed by atoms with Crippen LogP contribution in [0.4, 0.5) is 10.5 Å². The van der Waals surface area contributed by atoms with E-state index in [-0.39, 0.29) is 18.2 Å². The molecule has 1 N–H and O–H groups in total. The van der Waals surface area contributed by atoms with Crippen molar-refractivity contribution in [2.24, 2.45) is 0 Å². The number of hydrogen-bond donors (Lipinski definition) is 1. The number of nitrogens with one attached hydrogen (secondary N) is 1. The number of carbonyl (C=O) groups is 1. The predicted octanol–water partition coefficient (Wildman–Crippen LogP) is 3.36. The molecule has 4 rings (SSSR count). The zero-order valence-corrected chi connectivity index (χ0v) is 14.3. The van der Waals surface area contributed by atoms with Gasteiger partial charge in [-0.15, -0.1) is 0 Å². The number of methoxy groups -OCH3 is 1. The first-order valence-corrected chi connectivity index (χ1v) is 9.16. The molecule has 2 amide bonds. The van der Waals surface area contributed by atoms with Gasteiger partial charge in [0.15, 0.2) is 0 Å². The molecule has 2 heterocycles. The van der Waals surface area contributed by atoms with Crippen LogP contribution < -0.4 is 10.1 Å². The maximum absolute atomic E-state index is 13.0. The lowest BCUT2D eigenvalue weighted by Gasteiger charge is -2.29. The van der Waals surface area contributed by atoms with Gasteiger partial charge in [0.2, 0.25) is 0 Å². The van der Waals surface area contributed by atoms with Gasteiger partial charge in [-0.1, -0.05) is 6.07 Å². The molecule has 2 aliphatic heterocycles. The Hall–Kier alpha value is -1.75. The van der Waals surface area contributed by atoms with Crippen LogP contribution in [0.5, 0.6) is 5.75 Å². The van der Waals surface area contributed by atoms with E-state index in [1.165, 1.54) is 11.1 Å². The molecular weight excluding hydrogens is 304 g/mol. The molecule has 0 aromatic heterocycles. The molecule has 2 atom stereocenters. The van der Waals surface area contributed by atoms with E-state index >= 15 is 0 Å². The highest BCUT2D eigenvalue weighted by molar-refractivity contribution is 5.93. The van der Waals surface area contributed by atoms with Crippen LogP contribution in [-0.2, 0) is 17.6 Å². The lowest BCUT2D eigenvalue weighted by molar-refractivity contribution is 0.0543. The number of fused-ring (bicyclic) bond motifs is 1. The summed E-state index contributed by atoms with van der Waals surface area (Å²) in [5.41, 5.74) is 3.45. The lowest BCUT2D eigenvalue weighted by Crippen LogP contribution is -2.44. The molecule has 0 spiro atoms. The van der Waals surface area contributed by atoms with Crippen LogP contribution >= 0.6 is 0 Å². The minimum absolute atomic E-state index is 0.00778. The van der Waals surface area contributed by atoms with Crippen molar-refractivity contribution >= 4 is 11.7 Å². The van der Waals surface area contributed by atoms with Crippen molar-refractivity contribution in [2.75, 3.05) is 25.6 Å².